The van der Waals surface area contributed by atoms with Crippen LogP contribution >= 0.6 is 23.1 Å². The van der Waals surface area contributed by atoms with Gasteiger partial charge in [0.25, 0.3) is 5.56 Å². The molecule has 25 heavy (non-hydrogen) atoms. The van der Waals surface area contributed by atoms with Gasteiger partial charge in [0.2, 0.25) is 5.16 Å². The molecular weight excluding hydrogens is 354 g/mol. The van der Waals surface area contributed by atoms with Crippen LogP contribution in [0.2, 0.25) is 0 Å². The van der Waals surface area contributed by atoms with Crippen molar-refractivity contribution in [2.75, 3.05) is 0 Å². The molecule has 0 bridgehead atoms. The van der Waals surface area contributed by atoms with Crippen LogP contribution in [0.3, 0.4) is 0 Å². The van der Waals surface area contributed by atoms with Gasteiger partial charge in [0.1, 0.15) is 0 Å². The van der Waals surface area contributed by atoms with E-state index in [9.17, 15) is 4.79 Å². The van der Waals surface area contributed by atoms with E-state index in [1.54, 1.807) is 10.5 Å². The predicted molar refractivity (Wildman–Crippen MR) is 100 cm³/mol. The number of aromatic nitrogens is 5. The Balaban J connectivity index is 1.53. The number of nitrogens with zero attached hydrogens (tertiary/aromatic N) is 4. The summed E-state index contributed by atoms with van der Waals surface area (Å²) in [6.45, 7) is 3.95. The highest BCUT2D eigenvalue weighted by Gasteiger charge is 2.10. The smallest absolute Gasteiger partial charge is 0.258 e. The summed E-state index contributed by atoms with van der Waals surface area (Å²) < 4.78 is 1.63. The van der Waals surface area contributed by atoms with Gasteiger partial charge in [-0.05, 0) is 19.9 Å². The van der Waals surface area contributed by atoms with Crippen LogP contribution in [0.4, 0.5) is 0 Å². The van der Waals surface area contributed by atoms with E-state index in [0.29, 0.717) is 10.9 Å². The largest absolute Gasteiger partial charge is 0.269 e. The average Bonchev–Trinajstić information content (AvgIpc) is 3.20. The van der Waals surface area contributed by atoms with Crippen LogP contribution in [0, 0.1) is 13.8 Å². The lowest BCUT2D eigenvalue weighted by atomic mass is 10.1. The van der Waals surface area contributed by atoms with E-state index < -0.39 is 0 Å². The zero-order valence-electron chi connectivity index (χ0n) is 13.7. The van der Waals surface area contributed by atoms with Crippen molar-refractivity contribution in [3.05, 3.63) is 63.0 Å². The summed E-state index contributed by atoms with van der Waals surface area (Å²) >= 11 is 2.93. The molecule has 0 saturated heterocycles. The minimum Gasteiger partial charge on any atom is -0.269 e. The summed E-state index contributed by atoms with van der Waals surface area (Å²) in [5.41, 5.74) is 3.78. The van der Waals surface area contributed by atoms with Crippen molar-refractivity contribution in [3.63, 3.8) is 0 Å². The number of thioether (sulfide) groups is 1. The molecule has 0 atom stereocenters. The SMILES string of the molecule is Cc1cccc(-c2nc(SCc3cc(=O)n4c(C)csc4n3)n[nH]2)c1. The van der Waals surface area contributed by atoms with Crippen molar-refractivity contribution in [1.82, 2.24) is 24.6 Å². The Morgan fingerprint density at radius 3 is 2.96 bits per heavy atom. The Bertz CT molecular complexity index is 1110. The maximum Gasteiger partial charge on any atom is 0.258 e. The molecule has 126 valence electrons. The second kappa shape index (κ2) is 6.45. The first-order valence-electron chi connectivity index (χ1n) is 7.69. The third-order valence-corrected chi connectivity index (χ3v) is 5.56. The lowest BCUT2D eigenvalue weighted by Gasteiger charge is -2.00. The number of rotatable bonds is 4. The first-order chi connectivity index (χ1) is 12.1. The molecule has 0 fully saturated rings. The molecule has 1 aromatic carbocycles. The van der Waals surface area contributed by atoms with Gasteiger partial charge >= 0.3 is 0 Å². The molecule has 4 aromatic rings. The van der Waals surface area contributed by atoms with Crippen molar-refractivity contribution in [2.24, 2.45) is 0 Å². The molecule has 0 aliphatic carbocycles. The quantitative estimate of drug-likeness (QED) is 0.558. The number of nitrogens with one attached hydrogen (secondary N) is 1. The van der Waals surface area contributed by atoms with E-state index in [1.165, 1.54) is 28.7 Å². The summed E-state index contributed by atoms with van der Waals surface area (Å²) in [7, 11) is 0. The van der Waals surface area contributed by atoms with Gasteiger partial charge < -0.3 is 0 Å². The second-order valence-corrected chi connectivity index (χ2v) is 7.48. The fourth-order valence-electron chi connectivity index (χ4n) is 2.55. The van der Waals surface area contributed by atoms with Crippen molar-refractivity contribution < 1.29 is 0 Å². The lowest BCUT2D eigenvalue weighted by molar-refractivity contribution is 0.967. The van der Waals surface area contributed by atoms with Crippen LogP contribution < -0.4 is 5.56 Å². The monoisotopic (exact) mass is 369 g/mol. The topological polar surface area (TPSA) is 75.9 Å². The van der Waals surface area contributed by atoms with Crippen LogP contribution in [0.25, 0.3) is 16.3 Å². The third kappa shape index (κ3) is 3.22. The normalized spacial score (nSPS) is 11.3. The van der Waals surface area contributed by atoms with Crippen LogP contribution in [0.15, 0.2) is 45.7 Å². The Morgan fingerprint density at radius 2 is 2.12 bits per heavy atom. The van der Waals surface area contributed by atoms with Gasteiger partial charge in [-0.15, -0.1) is 16.4 Å². The van der Waals surface area contributed by atoms with Crippen molar-refractivity contribution in [1.29, 1.82) is 0 Å². The standard InChI is InChI=1S/C17H15N5OS2/c1-10-4-3-5-12(6-10)15-19-16(21-20-15)24-9-13-7-14(23)22-11(2)8-25-17(22)18-13/h3-8H,9H2,1-2H3,(H,19,20,21). The molecule has 1 N–H and O–H groups in total. The highest BCUT2D eigenvalue weighted by Crippen LogP contribution is 2.22. The zero-order chi connectivity index (χ0) is 17.4. The Kier molecular flexibility index (Phi) is 4.14. The number of aryl methyl sites for hydroxylation is 2. The number of benzene rings is 1. The number of fused-ring (bicyclic) bond motifs is 1. The van der Waals surface area contributed by atoms with Crippen molar-refractivity contribution >= 4 is 28.1 Å². The molecule has 0 radical (unpaired) electrons. The first-order valence-corrected chi connectivity index (χ1v) is 9.56. The number of aromatic amines is 1. The molecule has 8 heteroatoms. The van der Waals surface area contributed by atoms with E-state index in [-0.39, 0.29) is 5.56 Å². The molecule has 6 nitrogen and oxygen atoms in total. The van der Waals surface area contributed by atoms with Crippen LogP contribution in [0.5, 0.6) is 0 Å². The Morgan fingerprint density at radius 1 is 1.24 bits per heavy atom. The maximum atomic E-state index is 12.2. The molecule has 3 aromatic heterocycles. The Hall–Kier alpha value is -2.45. The summed E-state index contributed by atoms with van der Waals surface area (Å²) in [6, 6.07) is 9.67. The minimum atomic E-state index is -0.0465. The molecule has 4 rings (SSSR count). The number of H-pyrrole nitrogens is 1. The summed E-state index contributed by atoms with van der Waals surface area (Å²) in [4.78, 5) is 22.0. The van der Waals surface area contributed by atoms with E-state index in [0.717, 1.165) is 27.7 Å². The van der Waals surface area contributed by atoms with E-state index in [1.807, 2.05) is 37.4 Å². The summed E-state index contributed by atoms with van der Waals surface area (Å²) in [6.07, 6.45) is 0. The van der Waals surface area contributed by atoms with E-state index in [2.05, 4.69) is 26.2 Å². The molecule has 3 heterocycles. The number of hydrogen-bond donors (Lipinski definition) is 1. The van der Waals surface area contributed by atoms with E-state index in [4.69, 9.17) is 0 Å². The molecule has 0 saturated carbocycles. The fraction of sp³-hybridized carbons (Fsp3) is 0.176. The number of thiazole rings is 1. The van der Waals surface area contributed by atoms with Gasteiger partial charge in [-0.1, -0.05) is 35.5 Å². The highest BCUT2D eigenvalue weighted by atomic mass is 32.2. The Labute approximate surface area is 152 Å². The molecule has 0 aliphatic heterocycles. The van der Waals surface area contributed by atoms with Gasteiger partial charge in [0.05, 0.1) is 5.69 Å². The zero-order valence-corrected chi connectivity index (χ0v) is 15.3. The number of hydrogen-bond acceptors (Lipinski definition) is 6. The van der Waals surface area contributed by atoms with Gasteiger partial charge in [-0.25, -0.2) is 9.97 Å². The predicted octanol–water partition coefficient (Wildman–Crippen LogP) is 3.45. The fourth-order valence-corrected chi connectivity index (χ4v) is 4.13. The first kappa shape index (κ1) is 16.0. The molecule has 0 amide bonds. The summed E-state index contributed by atoms with van der Waals surface area (Å²) in [5, 5.41) is 9.78. The molecule has 0 spiro atoms. The maximum absolute atomic E-state index is 12.2. The average molecular weight is 369 g/mol. The van der Waals surface area contributed by atoms with Gasteiger partial charge in [-0.3, -0.25) is 14.3 Å². The lowest BCUT2D eigenvalue weighted by Crippen LogP contribution is -2.14. The van der Waals surface area contributed by atoms with Crippen LogP contribution in [0.1, 0.15) is 17.0 Å². The minimum absolute atomic E-state index is 0.0465. The van der Waals surface area contributed by atoms with Crippen LogP contribution in [-0.2, 0) is 5.75 Å². The van der Waals surface area contributed by atoms with Crippen molar-refractivity contribution in [2.45, 2.75) is 24.8 Å². The highest BCUT2D eigenvalue weighted by molar-refractivity contribution is 7.98. The van der Waals surface area contributed by atoms with E-state index >= 15 is 0 Å². The van der Waals surface area contributed by atoms with Gasteiger partial charge in [-0.2, -0.15) is 0 Å². The van der Waals surface area contributed by atoms with Crippen LogP contribution in [-0.4, -0.2) is 24.6 Å². The molecule has 0 aliphatic rings. The molecular formula is C17H15N5OS2. The second-order valence-electron chi connectivity index (χ2n) is 5.71. The summed E-state index contributed by atoms with van der Waals surface area (Å²) in [5.74, 6) is 1.29. The van der Waals surface area contributed by atoms with Gasteiger partial charge in [0, 0.05) is 28.5 Å². The van der Waals surface area contributed by atoms with Gasteiger partial charge in [0.15, 0.2) is 10.8 Å². The molecule has 0 unspecified atom stereocenters. The third-order valence-electron chi connectivity index (χ3n) is 3.73. The van der Waals surface area contributed by atoms with Crippen molar-refractivity contribution in [3.8, 4) is 11.4 Å².